The fourth-order valence-corrected chi connectivity index (χ4v) is 4.71. The Hall–Kier alpha value is -2.88. The molecule has 3 aromatic rings. The van der Waals surface area contributed by atoms with Crippen molar-refractivity contribution in [3.05, 3.63) is 56.2 Å². The van der Waals surface area contributed by atoms with Crippen molar-refractivity contribution >= 4 is 32.9 Å². The van der Waals surface area contributed by atoms with Crippen LogP contribution in [0.5, 0.6) is 11.5 Å². The highest BCUT2D eigenvalue weighted by atomic mass is 79.9. The third-order valence-corrected chi connectivity index (χ3v) is 6.55. The average Bonchev–Trinajstić information content (AvgIpc) is 3.07. The molecule has 0 spiro atoms. The SMILES string of the molecule is CN1CC[C@H](c2c(O)cc(O)c3c(=O)cc(-c4cc(C(=O)O)ccc4Br)oc23)[C@H]1CO. The van der Waals surface area contributed by atoms with Crippen LogP contribution in [-0.2, 0) is 0 Å². The molecule has 8 nitrogen and oxygen atoms in total. The normalized spacial score (nSPS) is 19.2. The van der Waals surface area contributed by atoms with Crippen molar-refractivity contribution in [3.8, 4) is 22.8 Å². The van der Waals surface area contributed by atoms with Gasteiger partial charge in [-0.1, -0.05) is 15.9 Å². The van der Waals surface area contributed by atoms with Crippen molar-refractivity contribution in [1.29, 1.82) is 0 Å². The number of nitrogens with zero attached hydrogens (tertiary/aromatic N) is 1. The van der Waals surface area contributed by atoms with Gasteiger partial charge in [-0.2, -0.15) is 0 Å². The molecule has 0 amide bonds. The van der Waals surface area contributed by atoms with Crippen LogP contribution in [0.1, 0.15) is 28.3 Å². The number of aromatic hydroxyl groups is 2. The van der Waals surface area contributed by atoms with Crippen LogP contribution in [0.15, 0.2) is 44.0 Å². The van der Waals surface area contributed by atoms with Crippen LogP contribution < -0.4 is 5.43 Å². The Morgan fingerprint density at radius 1 is 1.23 bits per heavy atom. The number of carboxylic acids is 1. The first-order valence-electron chi connectivity index (χ1n) is 9.60. The Bertz CT molecular complexity index is 1250. The Kier molecular flexibility index (Phi) is 5.50. The summed E-state index contributed by atoms with van der Waals surface area (Å²) in [6.45, 7) is 0.521. The van der Waals surface area contributed by atoms with Gasteiger partial charge in [-0.05, 0) is 38.2 Å². The van der Waals surface area contributed by atoms with E-state index in [0.29, 0.717) is 28.6 Å². The maximum Gasteiger partial charge on any atom is 0.335 e. The van der Waals surface area contributed by atoms with Gasteiger partial charge in [0.2, 0.25) is 0 Å². The van der Waals surface area contributed by atoms with Crippen LogP contribution in [-0.4, -0.2) is 57.5 Å². The van der Waals surface area contributed by atoms with E-state index in [9.17, 15) is 30.0 Å². The third kappa shape index (κ3) is 3.58. The molecule has 0 unspecified atom stereocenters. The molecule has 31 heavy (non-hydrogen) atoms. The van der Waals surface area contributed by atoms with Crippen molar-refractivity contribution < 1.29 is 29.6 Å². The molecule has 4 N–H and O–H groups in total. The lowest BCUT2D eigenvalue weighted by Crippen LogP contribution is -2.32. The number of rotatable bonds is 4. The van der Waals surface area contributed by atoms with Crippen LogP contribution in [0.4, 0.5) is 0 Å². The molecule has 1 aliphatic heterocycles. The van der Waals surface area contributed by atoms with E-state index in [1.54, 1.807) is 0 Å². The number of phenolic OH excluding ortho intramolecular Hbond substituents is 2. The van der Waals surface area contributed by atoms with Gasteiger partial charge in [-0.3, -0.25) is 4.79 Å². The lowest BCUT2D eigenvalue weighted by molar-refractivity contribution is 0.0697. The minimum absolute atomic E-state index is 0.0117. The average molecular weight is 490 g/mol. The molecular weight excluding hydrogens is 470 g/mol. The summed E-state index contributed by atoms with van der Waals surface area (Å²) < 4.78 is 6.55. The second kappa shape index (κ2) is 7.99. The number of fused-ring (bicyclic) bond motifs is 1. The molecule has 1 saturated heterocycles. The van der Waals surface area contributed by atoms with Gasteiger partial charge in [0.15, 0.2) is 5.43 Å². The van der Waals surface area contributed by atoms with Crippen LogP contribution in [0.3, 0.4) is 0 Å². The molecule has 0 radical (unpaired) electrons. The molecule has 1 aromatic heterocycles. The number of carboxylic acid groups (broad SMARTS) is 1. The quantitative estimate of drug-likeness (QED) is 0.439. The summed E-state index contributed by atoms with van der Waals surface area (Å²) >= 11 is 3.35. The smallest absolute Gasteiger partial charge is 0.335 e. The molecule has 2 heterocycles. The van der Waals surface area contributed by atoms with Crippen molar-refractivity contribution in [3.63, 3.8) is 0 Å². The summed E-state index contributed by atoms with van der Waals surface area (Å²) in [5, 5.41) is 40.1. The topological polar surface area (TPSA) is 131 Å². The highest BCUT2D eigenvalue weighted by molar-refractivity contribution is 9.10. The number of carbonyl (C=O) groups is 1. The van der Waals surface area contributed by atoms with Crippen molar-refractivity contribution in [2.45, 2.75) is 18.4 Å². The van der Waals surface area contributed by atoms with E-state index in [2.05, 4.69) is 15.9 Å². The lowest BCUT2D eigenvalue weighted by Gasteiger charge is -2.24. The number of aliphatic hydroxyl groups is 1. The highest BCUT2D eigenvalue weighted by Gasteiger charge is 2.36. The van der Waals surface area contributed by atoms with Crippen molar-refractivity contribution in [1.82, 2.24) is 4.90 Å². The first kappa shape index (κ1) is 21.4. The molecule has 162 valence electrons. The van der Waals surface area contributed by atoms with Crippen LogP contribution >= 0.6 is 15.9 Å². The molecular formula is C22H20BrNO7. The monoisotopic (exact) mass is 489 g/mol. The molecule has 0 bridgehead atoms. The molecule has 1 fully saturated rings. The largest absolute Gasteiger partial charge is 0.507 e. The van der Waals surface area contributed by atoms with Gasteiger partial charge in [-0.15, -0.1) is 0 Å². The number of likely N-dealkylation sites (N-methyl/N-ethyl adjacent to an activating group) is 1. The first-order chi connectivity index (χ1) is 14.7. The lowest BCUT2D eigenvalue weighted by atomic mass is 9.89. The second-order valence-electron chi connectivity index (χ2n) is 7.63. The fraction of sp³-hybridized carbons (Fsp3) is 0.273. The predicted octanol–water partition coefficient (Wildman–Crippen LogP) is 3.11. The van der Waals surface area contributed by atoms with Crippen molar-refractivity contribution in [2.24, 2.45) is 0 Å². The number of aromatic carboxylic acids is 1. The zero-order valence-electron chi connectivity index (χ0n) is 16.5. The van der Waals surface area contributed by atoms with Gasteiger partial charge in [0.05, 0.1) is 12.2 Å². The van der Waals surface area contributed by atoms with Gasteiger partial charge in [0.1, 0.15) is 28.2 Å². The number of hydrogen-bond donors (Lipinski definition) is 4. The van der Waals surface area contributed by atoms with Gasteiger partial charge >= 0.3 is 5.97 Å². The predicted molar refractivity (Wildman–Crippen MR) is 117 cm³/mol. The van der Waals surface area contributed by atoms with E-state index >= 15 is 0 Å². The number of aliphatic hydroxyl groups excluding tert-OH is 1. The first-order valence-corrected chi connectivity index (χ1v) is 10.4. The Labute approximate surface area is 185 Å². The number of phenols is 2. The summed E-state index contributed by atoms with van der Waals surface area (Å²) in [5.74, 6) is -2.02. The maximum atomic E-state index is 12.9. The summed E-state index contributed by atoms with van der Waals surface area (Å²) in [4.78, 5) is 26.3. The summed E-state index contributed by atoms with van der Waals surface area (Å²) in [7, 11) is 1.86. The molecule has 2 atom stereocenters. The Morgan fingerprint density at radius 2 is 1.97 bits per heavy atom. The van der Waals surface area contributed by atoms with Gasteiger partial charge < -0.3 is 29.7 Å². The van der Waals surface area contributed by atoms with Gasteiger partial charge in [-0.25, -0.2) is 4.79 Å². The van der Waals surface area contributed by atoms with Crippen LogP contribution in [0.2, 0.25) is 0 Å². The van der Waals surface area contributed by atoms with E-state index in [-0.39, 0.29) is 46.6 Å². The highest BCUT2D eigenvalue weighted by Crippen LogP contribution is 2.44. The van der Waals surface area contributed by atoms with Gasteiger partial charge in [0, 0.05) is 39.7 Å². The van der Waals surface area contributed by atoms with Crippen LogP contribution in [0.25, 0.3) is 22.3 Å². The number of hydrogen-bond acceptors (Lipinski definition) is 7. The molecule has 4 rings (SSSR count). The standard InChI is InChI=1S/C22H20BrNO7/c1-24-5-4-11(14(24)9-25)19-15(26)7-16(27)20-17(28)8-18(31-21(19)20)12-6-10(22(29)30)2-3-13(12)23/h2-3,6-8,11,14,25-27H,4-5,9H2,1H3,(H,29,30)/t11-,14+/m0/s1. The zero-order chi connectivity index (χ0) is 22.4. The van der Waals surface area contributed by atoms with E-state index in [1.807, 2.05) is 11.9 Å². The maximum absolute atomic E-state index is 12.9. The van der Waals surface area contributed by atoms with E-state index < -0.39 is 17.1 Å². The number of benzene rings is 2. The minimum Gasteiger partial charge on any atom is -0.507 e. The molecule has 0 aliphatic carbocycles. The van der Waals surface area contributed by atoms with Crippen molar-refractivity contribution in [2.75, 3.05) is 20.2 Å². The van der Waals surface area contributed by atoms with E-state index in [4.69, 9.17) is 4.42 Å². The van der Waals surface area contributed by atoms with E-state index in [1.165, 1.54) is 24.3 Å². The number of likely N-dealkylation sites (tertiary alicyclic amines) is 1. The summed E-state index contributed by atoms with van der Waals surface area (Å²) in [6.07, 6.45) is 0.612. The summed E-state index contributed by atoms with van der Waals surface area (Å²) in [5.41, 5.74) is 0.175. The number of halogens is 1. The third-order valence-electron chi connectivity index (χ3n) is 5.86. The minimum atomic E-state index is -1.13. The summed E-state index contributed by atoms with van der Waals surface area (Å²) in [6, 6.07) is 6.32. The Balaban J connectivity index is 2.02. The Morgan fingerprint density at radius 3 is 2.65 bits per heavy atom. The van der Waals surface area contributed by atoms with Gasteiger partial charge in [0.25, 0.3) is 0 Å². The second-order valence-corrected chi connectivity index (χ2v) is 8.49. The fourth-order valence-electron chi connectivity index (χ4n) is 4.27. The molecule has 2 aromatic carbocycles. The molecule has 0 saturated carbocycles. The zero-order valence-corrected chi connectivity index (χ0v) is 18.1. The van der Waals surface area contributed by atoms with E-state index in [0.717, 1.165) is 6.07 Å². The molecule has 9 heteroatoms. The van der Waals surface area contributed by atoms with Crippen LogP contribution in [0, 0.1) is 0 Å². The molecule has 1 aliphatic rings.